The molecule has 1 aromatic heterocycles. The van der Waals surface area contributed by atoms with Crippen LogP contribution in [0.5, 0.6) is 0 Å². The molecule has 1 aromatic rings. The first kappa shape index (κ1) is 18.8. The Hall–Kier alpha value is -1.57. The van der Waals surface area contributed by atoms with Gasteiger partial charge in [-0.05, 0) is 25.5 Å². The molecule has 1 aliphatic heterocycles. The number of nitrogens with one attached hydrogen (secondary N) is 2. The molecule has 0 radical (unpaired) electrons. The zero-order valence-corrected chi connectivity index (χ0v) is 14.4. The van der Waals surface area contributed by atoms with Gasteiger partial charge >= 0.3 is 0 Å². The van der Waals surface area contributed by atoms with Gasteiger partial charge in [0.05, 0.1) is 18.4 Å². The Labute approximate surface area is 143 Å². The van der Waals surface area contributed by atoms with Gasteiger partial charge < -0.3 is 29.6 Å². The largest absolute Gasteiger partial charge is 0.467 e. The van der Waals surface area contributed by atoms with Crippen molar-refractivity contribution in [2.75, 3.05) is 39.5 Å². The van der Waals surface area contributed by atoms with Crippen LogP contribution in [0.25, 0.3) is 0 Å². The summed E-state index contributed by atoms with van der Waals surface area (Å²) < 4.78 is 16.0. The highest BCUT2D eigenvalue weighted by Crippen LogP contribution is 2.20. The van der Waals surface area contributed by atoms with Crippen LogP contribution in [-0.4, -0.2) is 56.1 Å². The van der Waals surface area contributed by atoms with Crippen LogP contribution < -0.4 is 10.6 Å². The van der Waals surface area contributed by atoms with Crippen molar-refractivity contribution in [3.63, 3.8) is 0 Å². The maximum atomic E-state index is 10.4. The van der Waals surface area contributed by atoms with Crippen LogP contribution in [0.1, 0.15) is 31.9 Å². The fourth-order valence-electron chi connectivity index (χ4n) is 2.43. The van der Waals surface area contributed by atoms with Crippen molar-refractivity contribution in [3.8, 4) is 0 Å². The molecular formula is C17H29N3O4. The van der Waals surface area contributed by atoms with E-state index in [0.717, 1.165) is 31.2 Å². The lowest BCUT2D eigenvalue weighted by Gasteiger charge is -2.30. The molecular weight excluding hydrogens is 310 g/mol. The summed E-state index contributed by atoms with van der Waals surface area (Å²) in [5, 5.41) is 16.9. The van der Waals surface area contributed by atoms with E-state index >= 15 is 0 Å². The van der Waals surface area contributed by atoms with Crippen molar-refractivity contribution in [1.29, 1.82) is 0 Å². The van der Waals surface area contributed by atoms with Gasteiger partial charge in [-0.25, -0.2) is 0 Å². The summed E-state index contributed by atoms with van der Waals surface area (Å²) in [6.45, 7) is 6.29. The Kier molecular flexibility index (Phi) is 8.07. The highest BCUT2D eigenvalue weighted by Gasteiger charge is 2.29. The Bertz CT molecular complexity index is 470. The molecule has 24 heavy (non-hydrogen) atoms. The zero-order valence-electron chi connectivity index (χ0n) is 14.4. The van der Waals surface area contributed by atoms with Crippen molar-refractivity contribution in [3.05, 3.63) is 24.2 Å². The molecule has 0 unspecified atom stereocenters. The third-order valence-electron chi connectivity index (χ3n) is 3.88. The van der Waals surface area contributed by atoms with E-state index in [1.54, 1.807) is 6.26 Å². The minimum Gasteiger partial charge on any atom is -0.467 e. The highest BCUT2D eigenvalue weighted by atomic mass is 16.5. The molecule has 7 heteroatoms. The second kappa shape index (κ2) is 10.3. The monoisotopic (exact) mass is 339 g/mol. The van der Waals surface area contributed by atoms with Crippen LogP contribution in [0.2, 0.25) is 0 Å². The maximum Gasteiger partial charge on any atom is 0.191 e. The van der Waals surface area contributed by atoms with Gasteiger partial charge in [0, 0.05) is 45.8 Å². The quantitative estimate of drug-likeness (QED) is 0.357. The van der Waals surface area contributed by atoms with Gasteiger partial charge in [-0.1, -0.05) is 0 Å². The standard InChI is InChI=1S/C17H29N3O4/c1-2-18-16(20-14-17(21)6-11-22-12-7-17)19-8-4-9-23-13-15-5-3-10-24-15/h3,5,10,21H,2,4,6-9,11-14H2,1H3,(H2,18,19,20). The van der Waals surface area contributed by atoms with Crippen LogP contribution in [0, 0.1) is 0 Å². The third kappa shape index (κ3) is 6.90. The Morgan fingerprint density at radius 3 is 2.92 bits per heavy atom. The Morgan fingerprint density at radius 2 is 2.21 bits per heavy atom. The molecule has 0 bridgehead atoms. The number of nitrogens with zero attached hydrogens (tertiary/aromatic N) is 1. The van der Waals surface area contributed by atoms with Gasteiger partial charge in [0.2, 0.25) is 0 Å². The van der Waals surface area contributed by atoms with Crippen molar-refractivity contribution in [2.45, 2.75) is 38.4 Å². The average molecular weight is 339 g/mol. The lowest BCUT2D eigenvalue weighted by molar-refractivity contribution is -0.0565. The lowest BCUT2D eigenvalue weighted by Crippen LogP contribution is -2.42. The molecule has 0 aromatic carbocycles. The number of hydrogen-bond donors (Lipinski definition) is 3. The SMILES string of the molecule is CCNC(=NCC1(O)CCOCC1)NCCCOCc1ccco1. The molecule has 3 N–H and O–H groups in total. The molecule has 1 fully saturated rings. The van der Waals surface area contributed by atoms with E-state index in [-0.39, 0.29) is 0 Å². The van der Waals surface area contributed by atoms with E-state index in [2.05, 4.69) is 15.6 Å². The molecule has 0 aliphatic carbocycles. The van der Waals surface area contributed by atoms with Crippen molar-refractivity contribution in [1.82, 2.24) is 10.6 Å². The van der Waals surface area contributed by atoms with E-state index in [1.807, 2.05) is 19.1 Å². The second-order valence-corrected chi connectivity index (χ2v) is 5.94. The smallest absolute Gasteiger partial charge is 0.191 e. The van der Waals surface area contributed by atoms with Crippen LogP contribution in [0.3, 0.4) is 0 Å². The van der Waals surface area contributed by atoms with Gasteiger partial charge in [0.25, 0.3) is 0 Å². The molecule has 0 atom stereocenters. The number of aliphatic hydroxyl groups is 1. The number of rotatable bonds is 9. The number of guanidine groups is 1. The molecule has 7 nitrogen and oxygen atoms in total. The van der Waals surface area contributed by atoms with E-state index in [0.29, 0.717) is 45.8 Å². The predicted molar refractivity (Wildman–Crippen MR) is 92.0 cm³/mol. The van der Waals surface area contributed by atoms with E-state index < -0.39 is 5.60 Å². The minimum atomic E-state index is -0.743. The molecule has 0 saturated carbocycles. The predicted octanol–water partition coefficient (Wildman–Crippen LogP) is 1.28. The van der Waals surface area contributed by atoms with E-state index in [1.165, 1.54) is 0 Å². The van der Waals surface area contributed by atoms with Crippen LogP contribution in [-0.2, 0) is 16.1 Å². The summed E-state index contributed by atoms with van der Waals surface area (Å²) >= 11 is 0. The third-order valence-corrected chi connectivity index (χ3v) is 3.88. The van der Waals surface area contributed by atoms with E-state index in [9.17, 15) is 5.11 Å². The number of ether oxygens (including phenoxy) is 2. The topological polar surface area (TPSA) is 88.3 Å². The molecule has 0 amide bonds. The minimum absolute atomic E-state index is 0.390. The summed E-state index contributed by atoms with van der Waals surface area (Å²) in [6, 6.07) is 3.75. The van der Waals surface area contributed by atoms with Gasteiger partial charge in [-0.3, -0.25) is 4.99 Å². The number of hydrogen-bond acceptors (Lipinski definition) is 5. The van der Waals surface area contributed by atoms with Crippen LogP contribution in [0.4, 0.5) is 0 Å². The van der Waals surface area contributed by atoms with Crippen LogP contribution in [0.15, 0.2) is 27.8 Å². The molecule has 1 saturated heterocycles. The van der Waals surface area contributed by atoms with Crippen LogP contribution >= 0.6 is 0 Å². The number of furan rings is 1. The fraction of sp³-hybridized carbons (Fsp3) is 0.706. The molecule has 0 spiro atoms. The van der Waals surface area contributed by atoms with Gasteiger partial charge in [-0.15, -0.1) is 0 Å². The highest BCUT2D eigenvalue weighted by molar-refractivity contribution is 5.79. The van der Waals surface area contributed by atoms with E-state index in [4.69, 9.17) is 13.9 Å². The van der Waals surface area contributed by atoms with Gasteiger partial charge in [-0.2, -0.15) is 0 Å². The normalized spacial score (nSPS) is 17.7. The average Bonchev–Trinajstić information content (AvgIpc) is 3.10. The van der Waals surface area contributed by atoms with Crippen molar-refractivity contribution >= 4 is 5.96 Å². The first-order valence-electron chi connectivity index (χ1n) is 8.64. The molecule has 1 aliphatic rings. The maximum absolute atomic E-state index is 10.4. The molecule has 136 valence electrons. The second-order valence-electron chi connectivity index (χ2n) is 5.94. The van der Waals surface area contributed by atoms with Gasteiger partial charge in [0.15, 0.2) is 5.96 Å². The summed E-state index contributed by atoms with van der Waals surface area (Å²) in [4.78, 5) is 4.50. The summed E-state index contributed by atoms with van der Waals surface area (Å²) in [6.07, 6.45) is 3.78. The number of aliphatic imine (C=N–C) groups is 1. The van der Waals surface area contributed by atoms with Crippen molar-refractivity contribution in [2.24, 2.45) is 4.99 Å². The summed E-state index contributed by atoms with van der Waals surface area (Å²) in [5.74, 6) is 1.56. The first-order valence-corrected chi connectivity index (χ1v) is 8.64. The first-order chi connectivity index (χ1) is 11.7. The summed E-state index contributed by atoms with van der Waals surface area (Å²) in [5.41, 5.74) is -0.743. The summed E-state index contributed by atoms with van der Waals surface area (Å²) in [7, 11) is 0. The molecule has 2 heterocycles. The lowest BCUT2D eigenvalue weighted by atomic mass is 9.95. The zero-order chi connectivity index (χ0) is 17.1. The fourth-order valence-corrected chi connectivity index (χ4v) is 2.43. The van der Waals surface area contributed by atoms with Gasteiger partial charge in [0.1, 0.15) is 12.4 Å². The van der Waals surface area contributed by atoms with Crippen molar-refractivity contribution < 1.29 is 19.0 Å². The Morgan fingerprint density at radius 1 is 1.38 bits per heavy atom. The molecule has 2 rings (SSSR count). The Balaban J connectivity index is 1.63.